The van der Waals surface area contributed by atoms with Crippen molar-refractivity contribution >= 4 is 23.2 Å². The van der Waals surface area contributed by atoms with Crippen molar-refractivity contribution < 1.29 is 14.8 Å². The lowest BCUT2D eigenvalue weighted by molar-refractivity contribution is -0.387. The highest BCUT2D eigenvalue weighted by atomic mass is 32.2. The van der Waals surface area contributed by atoms with Crippen LogP contribution in [-0.2, 0) is 4.79 Å². The first-order chi connectivity index (χ1) is 11.6. The molecule has 1 aliphatic carbocycles. The molecule has 122 valence electrons. The summed E-state index contributed by atoms with van der Waals surface area (Å²) in [5, 5.41) is 21.4. The van der Waals surface area contributed by atoms with Crippen molar-refractivity contribution in [3.05, 3.63) is 80.9 Å². The molecule has 0 saturated heterocycles. The highest BCUT2D eigenvalue weighted by Crippen LogP contribution is 2.42. The van der Waals surface area contributed by atoms with Crippen LogP contribution in [0, 0.1) is 10.1 Å². The van der Waals surface area contributed by atoms with Crippen molar-refractivity contribution in [3.63, 3.8) is 0 Å². The van der Waals surface area contributed by atoms with Gasteiger partial charge in [0.2, 0.25) is 0 Å². The molecule has 24 heavy (non-hydrogen) atoms. The maximum atomic E-state index is 12.5. The van der Waals surface area contributed by atoms with Gasteiger partial charge < -0.3 is 5.11 Å². The molecule has 0 fully saturated rings. The van der Waals surface area contributed by atoms with Gasteiger partial charge in [0, 0.05) is 18.9 Å². The highest BCUT2D eigenvalue weighted by Gasteiger charge is 2.30. The topological polar surface area (TPSA) is 80.4 Å². The van der Waals surface area contributed by atoms with Crippen molar-refractivity contribution in [2.45, 2.75) is 23.7 Å². The molecule has 0 aliphatic heterocycles. The number of nitro groups is 1. The SMILES string of the molecule is O=C1C[C@H](c2ccccc2)CC(O)=C1Sc1ccccc1[N+](=O)[O-]. The molecule has 2 aromatic carbocycles. The lowest BCUT2D eigenvalue weighted by Gasteiger charge is -2.23. The Bertz CT molecular complexity index is 817. The Balaban J connectivity index is 1.87. The van der Waals surface area contributed by atoms with Gasteiger partial charge >= 0.3 is 0 Å². The average molecular weight is 341 g/mol. The van der Waals surface area contributed by atoms with Crippen LogP contribution in [0.15, 0.2) is 70.2 Å². The van der Waals surface area contributed by atoms with Crippen LogP contribution in [0.4, 0.5) is 5.69 Å². The summed E-state index contributed by atoms with van der Waals surface area (Å²) in [5.41, 5.74) is 0.938. The molecular formula is C18H15NO4S. The van der Waals surface area contributed by atoms with Gasteiger partial charge in [-0.25, -0.2) is 0 Å². The third kappa shape index (κ3) is 3.33. The van der Waals surface area contributed by atoms with E-state index in [0.29, 0.717) is 11.3 Å². The van der Waals surface area contributed by atoms with Gasteiger partial charge in [0.05, 0.1) is 14.7 Å². The van der Waals surface area contributed by atoms with Crippen LogP contribution < -0.4 is 0 Å². The van der Waals surface area contributed by atoms with Gasteiger partial charge in [-0.2, -0.15) is 0 Å². The first-order valence-corrected chi connectivity index (χ1v) is 8.29. The number of hydrogen-bond acceptors (Lipinski definition) is 5. The quantitative estimate of drug-likeness (QED) is 0.649. The van der Waals surface area contributed by atoms with Crippen LogP contribution in [0.1, 0.15) is 24.3 Å². The molecule has 0 radical (unpaired) electrons. The number of carbonyl (C=O) groups is 1. The summed E-state index contributed by atoms with van der Waals surface area (Å²) in [5.74, 6) is -0.243. The second-order valence-electron chi connectivity index (χ2n) is 5.54. The van der Waals surface area contributed by atoms with Crippen LogP contribution in [0.2, 0.25) is 0 Å². The van der Waals surface area contributed by atoms with E-state index >= 15 is 0 Å². The number of benzene rings is 2. The largest absolute Gasteiger partial charge is 0.511 e. The van der Waals surface area contributed by atoms with Crippen molar-refractivity contribution in [1.29, 1.82) is 0 Å². The Morgan fingerprint density at radius 3 is 2.38 bits per heavy atom. The third-order valence-electron chi connectivity index (χ3n) is 3.93. The highest BCUT2D eigenvalue weighted by molar-refractivity contribution is 8.04. The van der Waals surface area contributed by atoms with Gasteiger partial charge in [-0.05, 0) is 17.5 Å². The number of aliphatic hydroxyl groups excluding tert-OH is 1. The van der Waals surface area contributed by atoms with E-state index in [1.807, 2.05) is 30.3 Å². The summed E-state index contributed by atoms with van der Waals surface area (Å²) in [6.45, 7) is 0. The standard InChI is InChI=1S/C18H15NO4S/c20-15-10-13(12-6-2-1-3-7-12)11-16(21)18(15)24-17-9-5-4-8-14(17)19(22)23/h1-9,13,20H,10-11H2/t13-/m1/s1. The summed E-state index contributed by atoms with van der Waals surface area (Å²) >= 11 is 0.971. The minimum atomic E-state index is -0.486. The Labute approximate surface area is 143 Å². The zero-order valence-corrected chi connectivity index (χ0v) is 13.5. The maximum Gasteiger partial charge on any atom is 0.283 e. The Kier molecular flexibility index (Phi) is 4.66. The van der Waals surface area contributed by atoms with Crippen LogP contribution in [0.25, 0.3) is 0 Å². The number of Topliss-reactive ketones (excluding diaryl/α,β-unsaturated/α-hetero) is 1. The number of aliphatic hydroxyl groups is 1. The molecule has 5 nitrogen and oxygen atoms in total. The predicted molar refractivity (Wildman–Crippen MR) is 92.0 cm³/mol. The molecule has 1 aliphatic rings. The summed E-state index contributed by atoms with van der Waals surface area (Å²) in [7, 11) is 0. The predicted octanol–water partition coefficient (Wildman–Crippen LogP) is 4.60. The second kappa shape index (κ2) is 6.88. The van der Waals surface area contributed by atoms with Gasteiger partial charge in [-0.3, -0.25) is 14.9 Å². The molecule has 0 heterocycles. The number of ketones is 1. The zero-order valence-electron chi connectivity index (χ0n) is 12.7. The van der Waals surface area contributed by atoms with Crippen molar-refractivity contribution in [1.82, 2.24) is 0 Å². The molecule has 0 unspecified atom stereocenters. The molecule has 0 bridgehead atoms. The molecule has 0 saturated carbocycles. The molecule has 1 N–H and O–H groups in total. The number of hydrogen-bond donors (Lipinski definition) is 1. The Morgan fingerprint density at radius 1 is 1.04 bits per heavy atom. The first-order valence-electron chi connectivity index (χ1n) is 7.48. The number of thioether (sulfide) groups is 1. The zero-order chi connectivity index (χ0) is 17.1. The van der Waals surface area contributed by atoms with Gasteiger partial charge in [-0.1, -0.05) is 54.2 Å². The van der Waals surface area contributed by atoms with Gasteiger partial charge in [0.1, 0.15) is 5.76 Å². The molecule has 2 aromatic rings. The fourth-order valence-electron chi connectivity index (χ4n) is 2.76. The lowest BCUT2D eigenvalue weighted by Crippen LogP contribution is -2.17. The van der Waals surface area contributed by atoms with Crippen molar-refractivity contribution in [2.24, 2.45) is 0 Å². The van der Waals surface area contributed by atoms with E-state index in [1.54, 1.807) is 18.2 Å². The second-order valence-corrected chi connectivity index (χ2v) is 6.59. The molecule has 0 amide bonds. The molecule has 0 spiro atoms. The summed E-state index contributed by atoms with van der Waals surface area (Å²) < 4.78 is 0. The van der Waals surface area contributed by atoms with Gasteiger partial charge in [-0.15, -0.1) is 0 Å². The van der Waals surface area contributed by atoms with Gasteiger partial charge in [0.25, 0.3) is 5.69 Å². The molecule has 0 aromatic heterocycles. The summed E-state index contributed by atoms with van der Waals surface area (Å²) in [4.78, 5) is 23.6. The van der Waals surface area contributed by atoms with E-state index in [0.717, 1.165) is 17.3 Å². The van der Waals surface area contributed by atoms with Crippen LogP contribution in [0.3, 0.4) is 0 Å². The Hall–Kier alpha value is -2.60. The number of nitrogens with zero attached hydrogens (tertiary/aromatic N) is 1. The first kappa shape index (κ1) is 16.3. The molecule has 3 rings (SSSR count). The van der Waals surface area contributed by atoms with E-state index in [9.17, 15) is 20.0 Å². The van der Waals surface area contributed by atoms with Crippen molar-refractivity contribution in [3.8, 4) is 0 Å². The number of nitro benzene ring substituents is 1. The van der Waals surface area contributed by atoms with E-state index in [-0.39, 0.29) is 34.5 Å². The smallest absolute Gasteiger partial charge is 0.283 e. The average Bonchev–Trinajstić information content (AvgIpc) is 2.59. The van der Waals surface area contributed by atoms with Crippen LogP contribution in [0.5, 0.6) is 0 Å². The molecule has 1 atom stereocenters. The number of para-hydroxylation sites is 1. The number of rotatable bonds is 4. The van der Waals surface area contributed by atoms with E-state index < -0.39 is 4.92 Å². The van der Waals surface area contributed by atoms with Gasteiger partial charge in [0.15, 0.2) is 5.78 Å². The van der Waals surface area contributed by atoms with E-state index in [2.05, 4.69) is 0 Å². The minimum absolute atomic E-state index is 0.00301. The van der Waals surface area contributed by atoms with Crippen LogP contribution >= 0.6 is 11.8 Å². The fraction of sp³-hybridized carbons (Fsp3) is 0.167. The lowest BCUT2D eigenvalue weighted by atomic mass is 9.86. The summed E-state index contributed by atoms with van der Waals surface area (Å²) in [6.07, 6.45) is 0.649. The summed E-state index contributed by atoms with van der Waals surface area (Å²) in [6, 6.07) is 15.8. The molecular weight excluding hydrogens is 326 g/mol. The van der Waals surface area contributed by atoms with E-state index in [1.165, 1.54) is 6.07 Å². The molecule has 6 heteroatoms. The number of carbonyl (C=O) groups excluding carboxylic acids is 1. The Morgan fingerprint density at radius 2 is 1.71 bits per heavy atom. The fourth-order valence-corrected chi connectivity index (χ4v) is 3.77. The van der Waals surface area contributed by atoms with Crippen LogP contribution in [-0.4, -0.2) is 15.8 Å². The normalized spacial score (nSPS) is 17.8. The minimum Gasteiger partial charge on any atom is -0.511 e. The third-order valence-corrected chi connectivity index (χ3v) is 5.16. The van der Waals surface area contributed by atoms with Crippen molar-refractivity contribution in [2.75, 3.05) is 0 Å². The van der Waals surface area contributed by atoms with E-state index in [4.69, 9.17) is 0 Å². The maximum absolute atomic E-state index is 12.5. The monoisotopic (exact) mass is 341 g/mol. The number of allylic oxidation sites excluding steroid dienone is 2.